The molecule has 5 nitrogen and oxygen atoms in total. The number of rotatable bonds is 4. The molecule has 0 atom stereocenters. The van der Waals surface area contributed by atoms with E-state index in [2.05, 4.69) is 15.5 Å². The summed E-state index contributed by atoms with van der Waals surface area (Å²) in [5, 5.41) is 12.4. The molecule has 0 radical (unpaired) electrons. The van der Waals surface area contributed by atoms with Crippen LogP contribution in [0.25, 0.3) is 0 Å². The van der Waals surface area contributed by atoms with Crippen LogP contribution in [0.15, 0.2) is 28.3 Å². The molecule has 0 saturated heterocycles. The SMILES string of the molecule is O=Cc1cc(F)ccc1Sc1nnnn1C1CCCC1. The molecule has 0 aliphatic heterocycles. The first-order chi connectivity index (χ1) is 9.78. The summed E-state index contributed by atoms with van der Waals surface area (Å²) in [6.45, 7) is 0. The molecule has 0 bridgehead atoms. The molecule has 0 unspecified atom stereocenters. The number of tetrazole rings is 1. The van der Waals surface area contributed by atoms with Crippen LogP contribution in [-0.4, -0.2) is 26.5 Å². The lowest BCUT2D eigenvalue weighted by molar-refractivity contribution is 0.112. The Bertz CT molecular complexity index is 625. The fraction of sp³-hybridized carbons (Fsp3) is 0.385. The molecule has 2 aromatic rings. The van der Waals surface area contributed by atoms with E-state index in [1.165, 1.54) is 36.7 Å². The minimum Gasteiger partial charge on any atom is -0.298 e. The highest BCUT2D eigenvalue weighted by molar-refractivity contribution is 7.99. The fourth-order valence-corrected chi connectivity index (χ4v) is 3.35. The second-order valence-electron chi connectivity index (χ2n) is 4.75. The monoisotopic (exact) mass is 292 g/mol. The van der Waals surface area contributed by atoms with Gasteiger partial charge in [0.1, 0.15) is 5.82 Å². The minimum atomic E-state index is -0.424. The molecule has 7 heteroatoms. The Morgan fingerprint density at radius 1 is 1.35 bits per heavy atom. The van der Waals surface area contributed by atoms with E-state index in [1.807, 2.05) is 4.68 Å². The predicted molar refractivity (Wildman–Crippen MR) is 71.2 cm³/mol. The number of hydrogen-bond acceptors (Lipinski definition) is 5. The zero-order valence-corrected chi connectivity index (χ0v) is 11.5. The van der Waals surface area contributed by atoms with E-state index in [-0.39, 0.29) is 0 Å². The van der Waals surface area contributed by atoms with Gasteiger partial charge in [0.25, 0.3) is 0 Å². The smallest absolute Gasteiger partial charge is 0.214 e. The fourth-order valence-electron chi connectivity index (χ4n) is 2.43. The van der Waals surface area contributed by atoms with Crippen molar-refractivity contribution in [2.45, 2.75) is 41.8 Å². The van der Waals surface area contributed by atoms with Gasteiger partial charge in [0.2, 0.25) is 5.16 Å². The molecule has 3 rings (SSSR count). The summed E-state index contributed by atoms with van der Waals surface area (Å²) < 4.78 is 14.9. The molecular weight excluding hydrogens is 279 g/mol. The van der Waals surface area contributed by atoms with Gasteiger partial charge in [-0.25, -0.2) is 9.07 Å². The summed E-state index contributed by atoms with van der Waals surface area (Å²) >= 11 is 1.30. The van der Waals surface area contributed by atoms with Crippen molar-refractivity contribution in [2.24, 2.45) is 0 Å². The molecule has 1 aliphatic carbocycles. The lowest BCUT2D eigenvalue weighted by atomic mass is 10.2. The summed E-state index contributed by atoms with van der Waals surface area (Å²) in [4.78, 5) is 11.7. The molecule has 1 aromatic carbocycles. The van der Waals surface area contributed by atoms with Crippen LogP contribution < -0.4 is 0 Å². The van der Waals surface area contributed by atoms with Gasteiger partial charge in [-0.2, -0.15) is 0 Å². The van der Waals surface area contributed by atoms with E-state index < -0.39 is 5.82 Å². The van der Waals surface area contributed by atoms with Gasteiger partial charge in [-0.05, 0) is 53.2 Å². The number of hydrogen-bond donors (Lipinski definition) is 0. The topological polar surface area (TPSA) is 60.7 Å². The van der Waals surface area contributed by atoms with Crippen molar-refractivity contribution in [1.29, 1.82) is 0 Å². The molecule has 20 heavy (non-hydrogen) atoms. The molecule has 0 N–H and O–H groups in total. The van der Waals surface area contributed by atoms with Crippen LogP contribution in [0.2, 0.25) is 0 Å². The van der Waals surface area contributed by atoms with Gasteiger partial charge in [0.15, 0.2) is 6.29 Å². The zero-order chi connectivity index (χ0) is 13.9. The van der Waals surface area contributed by atoms with Crippen molar-refractivity contribution in [3.05, 3.63) is 29.6 Å². The number of carbonyl (C=O) groups excluding carboxylic acids is 1. The van der Waals surface area contributed by atoms with Gasteiger partial charge in [-0.1, -0.05) is 12.8 Å². The number of aldehydes is 1. The summed E-state index contributed by atoms with van der Waals surface area (Å²) in [6, 6.07) is 4.46. The standard InChI is InChI=1S/C13H13FN4OS/c14-10-5-6-12(9(7-10)8-19)20-13-15-16-17-18(13)11-3-1-2-4-11/h5-8,11H,1-4H2. The van der Waals surface area contributed by atoms with E-state index in [4.69, 9.17) is 0 Å². The van der Waals surface area contributed by atoms with Crippen LogP contribution in [0.1, 0.15) is 42.1 Å². The van der Waals surface area contributed by atoms with Gasteiger partial charge in [-0.15, -0.1) is 5.10 Å². The van der Waals surface area contributed by atoms with E-state index in [0.29, 0.717) is 27.9 Å². The van der Waals surface area contributed by atoms with Gasteiger partial charge in [0, 0.05) is 10.5 Å². The zero-order valence-electron chi connectivity index (χ0n) is 10.7. The Morgan fingerprint density at radius 3 is 2.90 bits per heavy atom. The van der Waals surface area contributed by atoms with Gasteiger partial charge in [-0.3, -0.25) is 4.79 Å². The molecule has 1 saturated carbocycles. The minimum absolute atomic E-state index is 0.316. The second kappa shape index (κ2) is 5.70. The Kier molecular flexibility index (Phi) is 3.77. The summed E-state index contributed by atoms with van der Waals surface area (Å²) in [5.74, 6) is -0.424. The average molecular weight is 292 g/mol. The molecule has 1 fully saturated rings. The number of halogens is 1. The normalized spacial score (nSPS) is 15.7. The first-order valence-electron chi connectivity index (χ1n) is 6.48. The molecule has 104 valence electrons. The first-order valence-corrected chi connectivity index (χ1v) is 7.30. The van der Waals surface area contributed by atoms with E-state index >= 15 is 0 Å². The lowest BCUT2D eigenvalue weighted by Crippen LogP contribution is -2.08. The summed E-state index contributed by atoms with van der Waals surface area (Å²) in [6.07, 6.45) is 5.16. The maximum atomic E-state index is 13.1. The maximum absolute atomic E-state index is 13.1. The number of carbonyl (C=O) groups is 1. The van der Waals surface area contributed by atoms with Crippen LogP contribution in [0.5, 0.6) is 0 Å². The maximum Gasteiger partial charge on any atom is 0.214 e. The van der Waals surface area contributed by atoms with E-state index in [0.717, 1.165) is 12.8 Å². The van der Waals surface area contributed by atoms with E-state index in [9.17, 15) is 9.18 Å². The molecule has 1 heterocycles. The quantitative estimate of drug-likeness (QED) is 0.811. The lowest BCUT2D eigenvalue weighted by Gasteiger charge is -2.11. The van der Waals surface area contributed by atoms with Gasteiger partial charge < -0.3 is 0 Å². The third-order valence-corrected chi connectivity index (χ3v) is 4.48. The second-order valence-corrected chi connectivity index (χ2v) is 5.76. The summed E-state index contributed by atoms with van der Waals surface area (Å²) in [7, 11) is 0. The van der Waals surface area contributed by atoms with Crippen LogP contribution in [0, 0.1) is 5.82 Å². The molecule has 0 spiro atoms. The van der Waals surface area contributed by atoms with Crippen molar-refractivity contribution in [3.63, 3.8) is 0 Å². The van der Waals surface area contributed by atoms with Crippen molar-refractivity contribution in [2.75, 3.05) is 0 Å². The highest BCUT2D eigenvalue weighted by Crippen LogP contribution is 2.34. The van der Waals surface area contributed by atoms with Crippen LogP contribution in [-0.2, 0) is 0 Å². The average Bonchev–Trinajstić information content (AvgIpc) is 3.11. The highest BCUT2D eigenvalue weighted by Gasteiger charge is 2.22. The van der Waals surface area contributed by atoms with Crippen LogP contribution in [0.3, 0.4) is 0 Å². The van der Waals surface area contributed by atoms with Crippen LogP contribution >= 0.6 is 11.8 Å². The van der Waals surface area contributed by atoms with Gasteiger partial charge in [0.05, 0.1) is 6.04 Å². The Labute approximate surface area is 119 Å². The molecule has 1 aromatic heterocycles. The third kappa shape index (κ3) is 2.58. The first kappa shape index (κ1) is 13.2. The number of nitrogens with zero attached hydrogens (tertiary/aromatic N) is 4. The molecular formula is C13H13FN4OS. The Hall–Kier alpha value is -1.76. The Balaban J connectivity index is 1.88. The summed E-state index contributed by atoms with van der Waals surface area (Å²) in [5.41, 5.74) is 0.316. The number of benzene rings is 1. The molecule has 0 amide bonds. The van der Waals surface area contributed by atoms with E-state index in [1.54, 1.807) is 6.07 Å². The number of aromatic nitrogens is 4. The van der Waals surface area contributed by atoms with Crippen molar-refractivity contribution in [3.8, 4) is 0 Å². The molecule has 1 aliphatic rings. The third-order valence-electron chi connectivity index (χ3n) is 3.43. The van der Waals surface area contributed by atoms with Crippen molar-refractivity contribution < 1.29 is 9.18 Å². The predicted octanol–water partition coefficient (Wildman–Crippen LogP) is 2.89. The Morgan fingerprint density at radius 2 is 2.15 bits per heavy atom. The van der Waals surface area contributed by atoms with Crippen molar-refractivity contribution >= 4 is 18.0 Å². The van der Waals surface area contributed by atoms with Crippen LogP contribution in [0.4, 0.5) is 4.39 Å². The highest BCUT2D eigenvalue weighted by atomic mass is 32.2. The largest absolute Gasteiger partial charge is 0.298 e. The van der Waals surface area contributed by atoms with Gasteiger partial charge >= 0.3 is 0 Å². The van der Waals surface area contributed by atoms with Crippen molar-refractivity contribution in [1.82, 2.24) is 20.2 Å².